The lowest BCUT2D eigenvalue weighted by Crippen LogP contribution is -2.29. The summed E-state index contributed by atoms with van der Waals surface area (Å²) in [6.07, 6.45) is 1.06. The molecule has 0 unspecified atom stereocenters. The third-order valence-electron chi connectivity index (χ3n) is 3.49. The molecule has 2 aromatic rings. The van der Waals surface area contributed by atoms with Crippen molar-refractivity contribution in [3.8, 4) is 5.75 Å². The van der Waals surface area contributed by atoms with E-state index in [4.69, 9.17) is 4.74 Å². The van der Waals surface area contributed by atoms with Gasteiger partial charge in [0.2, 0.25) is 15.9 Å². The highest BCUT2D eigenvalue weighted by Crippen LogP contribution is 2.28. The molecule has 2 aromatic carbocycles. The SMILES string of the molecule is COc1cc(NC(=O)CN(C)Cc2ccccc2)ccc1NS(C)(=O)=O. The predicted octanol–water partition coefficient (Wildman–Crippen LogP) is 2.14. The summed E-state index contributed by atoms with van der Waals surface area (Å²) in [7, 11) is -0.115. The predicted molar refractivity (Wildman–Crippen MR) is 103 cm³/mol. The van der Waals surface area contributed by atoms with E-state index < -0.39 is 10.0 Å². The highest BCUT2D eigenvalue weighted by Gasteiger charge is 2.12. The summed E-state index contributed by atoms with van der Waals surface area (Å²) in [6, 6.07) is 14.6. The fraction of sp³-hybridized carbons (Fsp3) is 0.278. The first-order valence-corrected chi connectivity index (χ1v) is 9.84. The molecule has 0 saturated heterocycles. The molecule has 0 spiro atoms. The van der Waals surface area contributed by atoms with E-state index in [1.807, 2.05) is 42.3 Å². The molecule has 1 amide bonds. The maximum atomic E-state index is 12.2. The number of ether oxygens (including phenoxy) is 1. The van der Waals surface area contributed by atoms with Crippen LogP contribution in [-0.2, 0) is 21.4 Å². The van der Waals surface area contributed by atoms with E-state index in [9.17, 15) is 13.2 Å². The van der Waals surface area contributed by atoms with Crippen molar-refractivity contribution in [2.75, 3.05) is 37.0 Å². The molecule has 0 bridgehead atoms. The van der Waals surface area contributed by atoms with Crippen molar-refractivity contribution in [1.29, 1.82) is 0 Å². The third-order valence-corrected chi connectivity index (χ3v) is 4.08. The summed E-state index contributed by atoms with van der Waals surface area (Å²) in [5.74, 6) is 0.153. The van der Waals surface area contributed by atoms with Gasteiger partial charge < -0.3 is 10.1 Å². The molecule has 0 aromatic heterocycles. The Hall–Kier alpha value is -2.58. The lowest BCUT2D eigenvalue weighted by atomic mass is 10.2. The number of hydrogen-bond acceptors (Lipinski definition) is 5. The molecule has 0 atom stereocenters. The number of methoxy groups -OCH3 is 1. The first-order valence-electron chi connectivity index (χ1n) is 7.95. The second-order valence-electron chi connectivity index (χ2n) is 6.00. The van der Waals surface area contributed by atoms with Crippen LogP contribution in [0.3, 0.4) is 0 Å². The summed E-state index contributed by atoms with van der Waals surface area (Å²) >= 11 is 0. The van der Waals surface area contributed by atoms with Gasteiger partial charge in [0, 0.05) is 18.3 Å². The molecule has 7 nitrogen and oxygen atoms in total. The van der Waals surface area contributed by atoms with E-state index in [1.54, 1.807) is 18.2 Å². The normalized spacial score (nSPS) is 11.2. The molecule has 0 aliphatic carbocycles. The smallest absolute Gasteiger partial charge is 0.238 e. The summed E-state index contributed by atoms with van der Waals surface area (Å²) < 4.78 is 30.3. The topological polar surface area (TPSA) is 87.7 Å². The Bertz CT molecular complexity index is 854. The van der Waals surface area contributed by atoms with Gasteiger partial charge in [-0.1, -0.05) is 30.3 Å². The van der Waals surface area contributed by atoms with Crippen LogP contribution in [0.5, 0.6) is 5.75 Å². The zero-order valence-corrected chi connectivity index (χ0v) is 15.8. The molecular weight excluding hydrogens is 354 g/mol. The number of amides is 1. The van der Waals surface area contributed by atoms with Gasteiger partial charge in [0.05, 0.1) is 25.6 Å². The zero-order valence-electron chi connectivity index (χ0n) is 15.0. The Morgan fingerprint density at radius 2 is 1.85 bits per heavy atom. The number of nitrogens with one attached hydrogen (secondary N) is 2. The van der Waals surface area contributed by atoms with Gasteiger partial charge in [0.1, 0.15) is 5.75 Å². The van der Waals surface area contributed by atoms with Crippen molar-refractivity contribution in [3.05, 3.63) is 54.1 Å². The number of likely N-dealkylation sites (N-methyl/N-ethyl adjacent to an activating group) is 1. The van der Waals surface area contributed by atoms with Crippen LogP contribution < -0.4 is 14.8 Å². The number of rotatable bonds is 8. The first-order chi connectivity index (χ1) is 12.3. The number of sulfonamides is 1. The maximum absolute atomic E-state index is 12.2. The summed E-state index contributed by atoms with van der Waals surface area (Å²) in [5, 5.41) is 2.79. The molecule has 0 aliphatic rings. The Morgan fingerprint density at radius 1 is 1.15 bits per heavy atom. The fourth-order valence-corrected chi connectivity index (χ4v) is 3.02. The quantitative estimate of drug-likeness (QED) is 0.736. The number of anilines is 2. The van der Waals surface area contributed by atoms with Gasteiger partial charge in [-0.25, -0.2) is 8.42 Å². The molecular formula is C18H23N3O4S. The average Bonchev–Trinajstić information content (AvgIpc) is 2.55. The van der Waals surface area contributed by atoms with E-state index in [0.29, 0.717) is 23.7 Å². The zero-order chi connectivity index (χ0) is 19.2. The Kier molecular flexibility index (Phi) is 6.59. The Labute approximate surface area is 154 Å². The van der Waals surface area contributed by atoms with E-state index in [2.05, 4.69) is 10.0 Å². The van der Waals surface area contributed by atoms with Crippen molar-refractivity contribution in [2.45, 2.75) is 6.54 Å². The molecule has 2 rings (SSSR count). The number of nitrogens with zero attached hydrogens (tertiary/aromatic N) is 1. The van der Waals surface area contributed by atoms with E-state index in [-0.39, 0.29) is 12.5 Å². The second-order valence-corrected chi connectivity index (χ2v) is 7.74. The van der Waals surface area contributed by atoms with Crippen LogP contribution in [0.1, 0.15) is 5.56 Å². The minimum Gasteiger partial charge on any atom is -0.494 e. The lowest BCUT2D eigenvalue weighted by Gasteiger charge is -2.17. The van der Waals surface area contributed by atoms with Crippen LogP contribution >= 0.6 is 0 Å². The van der Waals surface area contributed by atoms with Gasteiger partial charge in [-0.3, -0.25) is 14.4 Å². The number of hydrogen-bond donors (Lipinski definition) is 2. The minimum absolute atomic E-state index is 0.172. The van der Waals surface area contributed by atoms with Crippen molar-refractivity contribution in [1.82, 2.24) is 4.90 Å². The lowest BCUT2D eigenvalue weighted by molar-refractivity contribution is -0.117. The van der Waals surface area contributed by atoms with Crippen LogP contribution in [0.4, 0.5) is 11.4 Å². The Balaban J connectivity index is 1.98. The number of benzene rings is 2. The van der Waals surface area contributed by atoms with Gasteiger partial charge in [-0.15, -0.1) is 0 Å². The van der Waals surface area contributed by atoms with Crippen molar-refractivity contribution < 1.29 is 17.9 Å². The average molecular weight is 377 g/mol. The monoisotopic (exact) mass is 377 g/mol. The van der Waals surface area contributed by atoms with Crippen LogP contribution in [-0.4, -0.2) is 46.2 Å². The van der Waals surface area contributed by atoms with Crippen LogP contribution in [0.15, 0.2) is 48.5 Å². The third kappa shape index (κ3) is 6.38. The molecule has 140 valence electrons. The maximum Gasteiger partial charge on any atom is 0.238 e. The molecule has 0 aliphatic heterocycles. The van der Waals surface area contributed by atoms with Gasteiger partial charge in [0.15, 0.2) is 0 Å². The summed E-state index contributed by atoms with van der Waals surface area (Å²) in [4.78, 5) is 14.1. The van der Waals surface area contributed by atoms with Crippen LogP contribution in [0, 0.1) is 0 Å². The van der Waals surface area contributed by atoms with E-state index in [1.165, 1.54) is 7.11 Å². The summed E-state index contributed by atoms with van der Waals surface area (Å²) in [5.41, 5.74) is 1.97. The highest BCUT2D eigenvalue weighted by atomic mass is 32.2. The molecule has 0 saturated carbocycles. The number of carbonyl (C=O) groups is 1. The second kappa shape index (κ2) is 8.68. The molecule has 26 heavy (non-hydrogen) atoms. The van der Waals surface area contributed by atoms with Crippen LogP contribution in [0.25, 0.3) is 0 Å². The molecule has 8 heteroatoms. The largest absolute Gasteiger partial charge is 0.494 e. The first kappa shape index (κ1) is 19.7. The standard InChI is InChI=1S/C18H23N3O4S/c1-21(12-14-7-5-4-6-8-14)13-18(22)19-15-9-10-16(17(11-15)25-2)20-26(3,23)24/h4-11,20H,12-13H2,1-3H3,(H,19,22). The summed E-state index contributed by atoms with van der Waals surface area (Å²) in [6.45, 7) is 0.884. The van der Waals surface area contributed by atoms with Crippen molar-refractivity contribution >= 4 is 27.3 Å². The highest BCUT2D eigenvalue weighted by molar-refractivity contribution is 7.92. The van der Waals surface area contributed by atoms with Crippen LogP contribution in [0.2, 0.25) is 0 Å². The molecule has 0 fully saturated rings. The molecule has 2 N–H and O–H groups in total. The fourth-order valence-electron chi connectivity index (χ4n) is 2.45. The number of carbonyl (C=O) groups excluding carboxylic acids is 1. The van der Waals surface area contributed by atoms with Gasteiger partial charge in [0.25, 0.3) is 0 Å². The minimum atomic E-state index is -3.42. The molecule has 0 radical (unpaired) electrons. The van der Waals surface area contributed by atoms with E-state index in [0.717, 1.165) is 11.8 Å². The van der Waals surface area contributed by atoms with Crippen molar-refractivity contribution in [2.24, 2.45) is 0 Å². The van der Waals surface area contributed by atoms with Gasteiger partial charge in [-0.05, 0) is 24.7 Å². The van der Waals surface area contributed by atoms with Crippen molar-refractivity contribution in [3.63, 3.8) is 0 Å². The van der Waals surface area contributed by atoms with E-state index >= 15 is 0 Å². The van der Waals surface area contributed by atoms with Gasteiger partial charge >= 0.3 is 0 Å². The molecule has 0 heterocycles. The van der Waals surface area contributed by atoms with Gasteiger partial charge in [-0.2, -0.15) is 0 Å². The Morgan fingerprint density at radius 3 is 2.46 bits per heavy atom.